The predicted molar refractivity (Wildman–Crippen MR) is 104 cm³/mol. The first-order valence-electron chi connectivity index (χ1n) is 9.47. The number of hydrogen-bond donors (Lipinski definition) is 0. The van der Waals surface area contributed by atoms with E-state index in [-0.39, 0.29) is 5.97 Å². The lowest BCUT2D eigenvalue weighted by Crippen LogP contribution is -2.41. The molecule has 0 saturated carbocycles. The molecule has 1 aromatic rings. The summed E-state index contributed by atoms with van der Waals surface area (Å²) in [5.41, 5.74) is 1.53. The molecule has 2 aliphatic rings. The Bertz CT molecular complexity index is 664. The Labute approximate surface area is 157 Å². The molecule has 0 bridgehead atoms. The zero-order chi connectivity index (χ0) is 19.1. The summed E-state index contributed by atoms with van der Waals surface area (Å²) in [5.74, 6) is 0.411. The van der Waals surface area contributed by atoms with Gasteiger partial charge in [-0.25, -0.2) is 4.79 Å². The van der Waals surface area contributed by atoms with Crippen molar-refractivity contribution in [3.8, 4) is 0 Å². The molecule has 5 nitrogen and oxygen atoms in total. The Kier molecular flexibility index (Phi) is 5.10. The quantitative estimate of drug-likeness (QED) is 0.613. The summed E-state index contributed by atoms with van der Waals surface area (Å²) in [6.07, 6.45) is 2.28. The maximum Gasteiger partial charge on any atom is 0.494 e. The molecule has 6 heteroatoms. The SMILES string of the molecule is COC(=O)c1cc(B2OC(C)(C)C(C)(C)O2)ccc1N1CCC(C)CC1. The van der Waals surface area contributed by atoms with E-state index in [1.54, 1.807) is 0 Å². The van der Waals surface area contributed by atoms with Gasteiger partial charge in [0.2, 0.25) is 0 Å². The molecule has 142 valence electrons. The summed E-state index contributed by atoms with van der Waals surface area (Å²) >= 11 is 0. The van der Waals surface area contributed by atoms with Crippen molar-refractivity contribution in [1.29, 1.82) is 0 Å². The standard InChI is InChI=1S/C20H30BNO4/c1-14-9-11-22(12-10-14)17-8-7-15(13-16(17)18(23)24-6)21-25-19(2,3)20(4,5)26-21/h7-8,13-14H,9-12H2,1-6H3. The molecule has 2 heterocycles. The first kappa shape index (κ1) is 19.2. The van der Waals surface area contributed by atoms with Gasteiger partial charge >= 0.3 is 13.1 Å². The van der Waals surface area contributed by atoms with E-state index >= 15 is 0 Å². The Morgan fingerprint density at radius 3 is 2.27 bits per heavy atom. The van der Waals surface area contributed by atoms with Gasteiger partial charge < -0.3 is 18.9 Å². The van der Waals surface area contributed by atoms with Crippen LogP contribution in [0.25, 0.3) is 0 Å². The van der Waals surface area contributed by atoms with E-state index in [4.69, 9.17) is 14.0 Å². The maximum atomic E-state index is 12.4. The van der Waals surface area contributed by atoms with Gasteiger partial charge in [0.25, 0.3) is 0 Å². The second-order valence-corrected chi connectivity index (χ2v) is 8.53. The normalized spacial score (nSPS) is 22.5. The van der Waals surface area contributed by atoms with Gasteiger partial charge in [0.1, 0.15) is 0 Å². The average Bonchev–Trinajstić information content (AvgIpc) is 2.82. The van der Waals surface area contributed by atoms with Gasteiger partial charge in [-0.3, -0.25) is 0 Å². The molecule has 0 spiro atoms. The highest BCUT2D eigenvalue weighted by Crippen LogP contribution is 2.37. The average molecular weight is 359 g/mol. The molecule has 3 rings (SSSR count). The third kappa shape index (κ3) is 3.49. The summed E-state index contributed by atoms with van der Waals surface area (Å²) in [6.45, 7) is 12.3. The van der Waals surface area contributed by atoms with Crippen LogP contribution in [0, 0.1) is 5.92 Å². The van der Waals surface area contributed by atoms with E-state index in [9.17, 15) is 4.79 Å². The largest absolute Gasteiger partial charge is 0.494 e. The second kappa shape index (κ2) is 6.89. The van der Waals surface area contributed by atoms with Crippen LogP contribution in [-0.2, 0) is 14.0 Å². The number of nitrogens with zero attached hydrogens (tertiary/aromatic N) is 1. The second-order valence-electron chi connectivity index (χ2n) is 8.53. The van der Waals surface area contributed by atoms with Gasteiger partial charge in [-0.05, 0) is 64.1 Å². The highest BCUT2D eigenvalue weighted by atomic mass is 16.7. The van der Waals surface area contributed by atoms with E-state index in [2.05, 4.69) is 11.8 Å². The molecule has 0 atom stereocenters. The number of piperidine rings is 1. The summed E-state index contributed by atoms with van der Waals surface area (Å²) in [5, 5.41) is 0. The van der Waals surface area contributed by atoms with Crippen molar-refractivity contribution in [1.82, 2.24) is 0 Å². The molecule has 0 radical (unpaired) electrons. The highest BCUT2D eigenvalue weighted by molar-refractivity contribution is 6.62. The Morgan fingerprint density at radius 1 is 1.15 bits per heavy atom. The third-order valence-corrected chi connectivity index (χ3v) is 6.08. The highest BCUT2D eigenvalue weighted by Gasteiger charge is 2.51. The minimum absolute atomic E-state index is 0.322. The number of methoxy groups -OCH3 is 1. The number of carbonyl (C=O) groups is 1. The van der Waals surface area contributed by atoms with Gasteiger partial charge in [0.15, 0.2) is 0 Å². The molecule has 1 aromatic carbocycles. The molecule has 0 aliphatic carbocycles. The van der Waals surface area contributed by atoms with Crippen molar-refractivity contribution < 1.29 is 18.8 Å². The third-order valence-electron chi connectivity index (χ3n) is 6.08. The zero-order valence-corrected chi connectivity index (χ0v) is 16.8. The fourth-order valence-corrected chi connectivity index (χ4v) is 3.48. The van der Waals surface area contributed by atoms with Crippen LogP contribution in [-0.4, -0.2) is 44.5 Å². The molecular weight excluding hydrogens is 329 g/mol. The first-order valence-corrected chi connectivity index (χ1v) is 9.47. The number of anilines is 1. The molecule has 0 unspecified atom stereocenters. The van der Waals surface area contributed by atoms with Gasteiger partial charge in [-0.15, -0.1) is 0 Å². The lowest BCUT2D eigenvalue weighted by atomic mass is 9.78. The van der Waals surface area contributed by atoms with Crippen LogP contribution in [0.5, 0.6) is 0 Å². The zero-order valence-electron chi connectivity index (χ0n) is 16.8. The van der Waals surface area contributed by atoms with Crippen molar-refractivity contribution in [2.45, 2.75) is 58.7 Å². The van der Waals surface area contributed by atoms with Crippen LogP contribution in [0.15, 0.2) is 18.2 Å². The van der Waals surface area contributed by atoms with E-state index in [1.165, 1.54) is 7.11 Å². The number of rotatable bonds is 3. The minimum atomic E-state index is -0.487. The summed E-state index contributed by atoms with van der Waals surface area (Å²) in [6, 6.07) is 5.87. The van der Waals surface area contributed by atoms with Crippen LogP contribution in [0.3, 0.4) is 0 Å². The first-order chi connectivity index (χ1) is 12.1. The summed E-state index contributed by atoms with van der Waals surface area (Å²) in [7, 11) is 0.935. The molecule has 2 fully saturated rings. The van der Waals surface area contributed by atoms with E-state index < -0.39 is 18.3 Å². The summed E-state index contributed by atoms with van der Waals surface area (Å²) < 4.78 is 17.3. The van der Waals surface area contributed by atoms with Gasteiger partial charge in [0.05, 0.1) is 29.6 Å². The number of hydrogen-bond acceptors (Lipinski definition) is 5. The Hall–Kier alpha value is -1.53. The molecule has 0 N–H and O–H groups in total. The van der Waals surface area contributed by atoms with Gasteiger partial charge in [0, 0.05) is 13.1 Å². The van der Waals surface area contributed by atoms with Gasteiger partial charge in [-0.1, -0.05) is 13.0 Å². The van der Waals surface area contributed by atoms with Gasteiger partial charge in [-0.2, -0.15) is 0 Å². The molecule has 2 saturated heterocycles. The van der Waals surface area contributed by atoms with Crippen LogP contribution < -0.4 is 10.4 Å². The number of ether oxygens (including phenoxy) is 1. The lowest BCUT2D eigenvalue weighted by molar-refractivity contribution is 0.00578. The number of esters is 1. The smallest absolute Gasteiger partial charge is 0.465 e. The van der Waals surface area contributed by atoms with Crippen LogP contribution >= 0.6 is 0 Å². The van der Waals surface area contributed by atoms with Crippen LogP contribution in [0.1, 0.15) is 57.8 Å². The van der Waals surface area contributed by atoms with Crippen molar-refractivity contribution in [2.75, 3.05) is 25.1 Å². The minimum Gasteiger partial charge on any atom is -0.465 e. The maximum absolute atomic E-state index is 12.4. The van der Waals surface area contributed by atoms with Crippen molar-refractivity contribution in [3.05, 3.63) is 23.8 Å². The molecule has 2 aliphatic heterocycles. The topological polar surface area (TPSA) is 48.0 Å². The molecular formula is C20H30BNO4. The van der Waals surface area contributed by atoms with E-state index in [0.717, 1.165) is 43.0 Å². The van der Waals surface area contributed by atoms with E-state index in [0.29, 0.717) is 5.56 Å². The Morgan fingerprint density at radius 2 is 1.73 bits per heavy atom. The summed E-state index contributed by atoms with van der Waals surface area (Å²) in [4.78, 5) is 14.7. The predicted octanol–water partition coefficient (Wildman–Crippen LogP) is 3.01. The van der Waals surface area contributed by atoms with Crippen LogP contribution in [0.4, 0.5) is 5.69 Å². The number of benzene rings is 1. The Balaban J connectivity index is 1.91. The van der Waals surface area contributed by atoms with Crippen molar-refractivity contribution in [3.63, 3.8) is 0 Å². The fourth-order valence-electron chi connectivity index (χ4n) is 3.48. The lowest BCUT2D eigenvalue weighted by Gasteiger charge is -2.33. The monoisotopic (exact) mass is 359 g/mol. The molecule has 0 aromatic heterocycles. The van der Waals surface area contributed by atoms with Crippen LogP contribution in [0.2, 0.25) is 0 Å². The number of carbonyl (C=O) groups excluding carboxylic acids is 1. The van der Waals surface area contributed by atoms with Crippen molar-refractivity contribution >= 4 is 24.2 Å². The molecule has 0 amide bonds. The fraction of sp³-hybridized carbons (Fsp3) is 0.650. The van der Waals surface area contributed by atoms with E-state index in [1.807, 2.05) is 45.9 Å². The molecule has 26 heavy (non-hydrogen) atoms. The van der Waals surface area contributed by atoms with Crippen molar-refractivity contribution in [2.24, 2.45) is 5.92 Å².